The Morgan fingerprint density at radius 2 is 2.00 bits per heavy atom. The summed E-state index contributed by atoms with van der Waals surface area (Å²) in [6, 6.07) is 0. The van der Waals surface area contributed by atoms with Gasteiger partial charge in [-0.05, 0) is 24.7 Å². The molecule has 0 amide bonds. The summed E-state index contributed by atoms with van der Waals surface area (Å²) in [7, 11) is -3.44. The minimum atomic E-state index is -3.44. The molecule has 1 fully saturated rings. The normalized spacial score (nSPS) is 23.7. The van der Waals surface area contributed by atoms with Gasteiger partial charge in [0.1, 0.15) is 0 Å². The number of nitrogens with zero attached hydrogens (tertiary/aromatic N) is 1. The molecule has 0 aromatic heterocycles. The van der Waals surface area contributed by atoms with Gasteiger partial charge in [0.15, 0.2) is 0 Å². The number of aliphatic hydroxyl groups is 1. The predicted octanol–water partition coefficient (Wildman–Crippen LogP) is 1.35. The second-order valence-corrected chi connectivity index (χ2v) is 7.36. The zero-order valence-corrected chi connectivity index (χ0v) is 13.1. The molecule has 0 aromatic rings. The molecule has 19 heavy (non-hydrogen) atoms. The molecule has 1 saturated heterocycles. The lowest BCUT2D eigenvalue weighted by Crippen LogP contribution is -2.48. The zero-order chi connectivity index (χ0) is 14.5. The van der Waals surface area contributed by atoms with E-state index in [1.54, 1.807) is 0 Å². The summed E-state index contributed by atoms with van der Waals surface area (Å²) in [5, 5.41) is 9.98. The van der Waals surface area contributed by atoms with E-state index in [0.717, 1.165) is 25.7 Å². The van der Waals surface area contributed by atoms with Crippen molar-refractivity contribution in [3.8, 4) is 0 Å². The molecule has 2 atom stereocenters. The molecule has 2 N–H and O–H groups in total. The lowest BCUT2D eigenvalue weighted by Gasteiger charge is -2.30. The van der Waals surface area contributed by atoms with E-state index in [1.165, 1.54) is 4.31 Å². The third-order valence-corrected chi connectivity index (χ3v) is 5.57. The fourth-order valence-electron chi connectivity index (χ4n) is 2.65. The van der Waals surface area contributed by atoms with Crippen molar-refractivity contribution in [2.45, 2.75) is 52.6 Å². The van der Waals surface area contributed by atoms with Crippen LogP contribution in [-0.2, 0) is 10.2 Å². The molecule has 114 valence electrons. The van der Waals surface area contributed by atoms with Crippen LogP contribution in [0.1, 0.15) is 46.5 Å². The van der Waals surface area contributed by atoms with E-state index in [2.05, 4.69) is 11.6 Å². The van der Waals surface area contributed by atoms with Crippen molar-refractivity contribution in [2.75, 3.05) is 19.6 Å². The second-order valence-electron chi connectivity index (χ2n) is 5.60. The Hall–Kier alpha value is -0.170. The third kappa shape index (κ3) is 5.02. The number of hydrogen-bond donors (Lipinski definition) is 2. The molecule has 1 heterocycles. The van der Waals surface area contributed by atoms with Crippen LogP contribution in [0.4, 0.5) is 0 Å². The predicted molar refractivity (Wildman–Crippen MR) is 77.0 cm³/mol. The highest BCUT2D eigenvalue weighted by atomic mass is 32.2. The Balaban J connectivity index is 2.50. The molecule has 0 aromatic carbocycles. The first-order valence-corrected chi connectivity index (χ1v) is 8.77. The Kier molecular flexibility index (Phi) is 6.73. The van der Waals surface area contributed by atoms with Gasteiger partial charge in [-0.15, -0.1) is 0 Å². The van der Waals surface area contributed by atoms with Crippen LogP contribution in [0, 0.1) is 11.8 Å². The van der Waals surface area contributed by atoms with E-state index in [1.807, 2.05) is 13.8 Å². The van der Waals surface area contributed by atoms with Crippen molar-refractivity contribution in [1.82, 2.24) is 9.03 Å². The summed E-state index contributed by atoms with van der Waals surface area (Å²) in [5.41, 5.74) is 0. The Bertz CT molecular complexity index is 355. The van der Waals surface area contributed by atoms with Crippen molar-refractivity contribution in [3.63, 3.8) is 0 Å². The first-order chi connectivity index (χ1) is 8.90. The van der Waals surface area contributed by atoms with Crippen molar-refractivity contribution < 1.29 is 13.5 Å². The summed E-state index contributed by atoms with van der Waals surface area (Å²) < 4.78 is 28.3. The molecular formula is C13H28N2O3S. The van der Waals surface area contributed by atoms with Gasteiger partial charge >= 0.3 is 0 Å². The van der Waals surface area contributed by atoms with Gasteiger partial charge in [-0.2, -0.15) is 17.4 Å². The van der Waals surface area contributed by atoms with E-state index in [4.69, 9.17) is 0 Å². The van der Waals surface area contributed by atoms with E-state index >= 15 is 0 Å². The lowest BCUT2D eigenvalue weighted by atomic mass is 9.97. The van der Waals surface area contributed by atoms with Crippen molar-refractivity contribution in [1.29, 1.82) is 0 Å². The van der Waals surface area contributed by atoms with Crippen LogP contribution in [0.2, 0.25) is 0 Å². The molecule has 6 heteroatoms. The molecule has 1 aliphatic rings. The van der Waals surface area contributed by atoms with Gasteiger partial charge in [-0.3, -0.25) is 0 Å². The maximum absolute atomic E-state index is 12.1. The molecule has 0 saturated carbocycles. The van der Waals surface area contributed by atoms with Crippen LogP contribution in [0.3, 0.4) is 0 Å². The molecular weight excluding hydrogens is 264 g/mol. The van der Waals surface area contributed by atoms with Crippen LogP contribution in [-0.4, -0.2) is 43.6 Å². The van der Waals surface area contributed by atoms with Gasteiger partial charge in [-0.1, -0.05) is 33.6 Å². The number of nitrogens with one attached hydrogen (secondary N) is 1. The topological polar surface area (TPSA) is 69.6 Å². The maximum atomic E-state index is 12.1. The smallest absolute Gasteiger partial charge is 0.279 e. The lowest BCUT2D eigenvalue weighted by molar-refractivity contribution is 0.106. The molecule has 5 nitrogen and oxygen atoms in total. The highest BCUT2D eigenvalue weighted by Crippen LogP contribution is 2.18. The summed E-state index contributed by atoms with van der Waals surface area (Å²) >= 11 is 0. The first-order valence-electron chi connectivity index (χ1n) is 7.33. The Morgan fingerprint density at radius 1 is 1.37 bits per heavy atom. The third-order valence-electron chi connectivity index (χ3n) is 4.03. The van der Waals surface area contributed by atoms with Crippen LogP contribution < -0.4 is 4.72 Å². The minimum Gasteiger partial charge on any atom is -0.391 e. The average Bonchev–Trinajstić information content (AvgIpc) is 2.38. The van der Waals surface area contributed by atoms with Crippen molar-refractivity contribution in [3.05, 3.63) is 0 Å². The highest BCUT2D eigenvalue weighted by molar-refractivity contribution is 7.87. The summed E-state index contributed by atoms with van der Waals surface area (Å²) in [6.45, 7) is 7.37. The van der Waals surface area contributed by atoms with Gasteiger partial charge < -0.3 is 5.11 Å². The van der Waals surface area contributed by atoms with E-state index < -0.39 is 16.3 Å². The van der Waals surface area contributed by atoms with Gasteiger partial charge in [0.05, 0.1) is 6.10 Å². The number of hydrogen-bond acceptors (Lipinski definition) is 3. The van der Waals surface area contributed by atoms with Crippen LogP contribution in [0.25, 0.3) is 0 Å². The average molecular weight is 292 g/mol. The first kappa shape index (κ1) is 16.9. The molecule has 0 bridgehead atoms. The highest BCUT2D eigenvalue weighted by Gasteiger charge is 2.28. The Labute approximate surface area is 117 Å². The van der Waals surface area contributed by atoms with Crippen LogP contribution in [0.5, 0.6) is 0 Å². The largest absolute Gasteiger partial charge is 0.391 e. The number of piperidine rings is 1. The quantitative estimate of drug-likeness (QED) is 0.744. The van der Waals surface area contributed by atoms with Gasteiger partial charge in [-0.25, -0.2) is 0 Å². The molecule has 0 spiro atoms. The van der Waals surface area contributed by atoms with Gasteiger partial charge in [0, 0.05) is 19.6 Å². The van der Waals surface area contributed by atoms with Crippen LogP contribution in [0.15, 0.2) is 0 Å². The zero-order valence-electron chi connectivity index (χ0n) is 12.3. The van der Waals surface area contributed by atoms with E-state index in [-0.39, 0.29) is 12.5 Å². The fourth-order valence-corrected chi connectivity index (χ4v) is 4.03. The molecule has 1 aliphatic heterocycles. The fraction of sp³-hybridized carbons (Fsp3) is 1.00. The summed E-state index contributed by atoms with van der Waals surface area (Å²) in [5.74, 6) is 0.567. The summed E-state index contributed by atoms with van der Waals surface area (Å²) in [4.78, 5) is 0. The van der Waals surface area contributed by atoms with E-state index in [9.17, 15) is 13.5 Å². The molecule has 0 aliphatic carbocycles. The number of aliphatic hydroxyl groups excluding tert-OH is 1. The second kappa shape index (κ2) is 7.57. The maximum Gasteiger partial charge on any atom is 0.279 e. The minimum absolute atomic E-state index is 0.111. The molecule has 1 rings (SSSR count). The number of rotatable bonds is 7. The molecule has 0 radical (unpaired) electrons. The summed E-state index contributed by atoms with van der Waals surface area (Å²) in [6.07, 6.45) is 3.12. The van der Waals surface area contributed by atoms with Crippen molar-refractivity contribution in [2.24, 2.45) is 11.8 Å². The Morgan fingerprint density at radius 3 is 2.53 bits per heavy atom. The van der Waals surface area contributed by atoms with E-state index in [0.29, 0.717) is 19.0 Å². The van der Waals surface area contributed by atoms with Gasteiger partial charge in [0.2, 0.25) is 0 Å². The SMILES string of the molecule is CCC(CC)C(O)CNS(=O)(=O)N1CCCC(C)C1. The standard InChI is InChI=1S/C13H28N2O3S/c1-4-12(5-2)13(16)9-14-19(17,18)15-8-6-7-11(3)10-15/h11-14,16H,4-10H2,1-3H3. The molecule has 2 unspecified atom stereocenters. The monoisotopic (exact) mass is 292 g/mol. The van der Waals surface area contributed by atoms with Crippen molar-refractivity contribution >= 4 is 10.2 Å². The van der Waals surface area contributed by atoms with Gasteiger partial charge in [0.25, 0.3) is 10.2 Å². The van der Waals surface area contributed by atoms with Crippen LogP contribution >= 0.6 is 0 Å².